The first-order valence-corrected chi connectivity index (χ1v) is 10.4. The minimum atomic E-state index is -1.59. The minimum Gasteiger partial charge on any atom is -0.393 e. The fourth-order valence-corrected chi connectivity index (χ4v) is 7.74. The van der Waals surface area contributed by atoms with Crippen molar-refractivity contribution in [3.8, 4) is 0 Å². The molecule has 8 atom stereocenters. The second-order valence-electron chi connectivity index (χ2n) is 10.1. The van der Waals surface area contributed by atoms with Gasteiger partial charge in [0.05, 0.1) is 6.10 Å². The number of carbonyl (C=O) groups is 2. The van der Waals surface area contributed by atoms with Gasteiger partial charge in [0.25, 0.3) is 0 Å². The first-order valence-electron chi connectivity index (χ1n) is 10.4. The predicted octanol–water partition coefficient (Wildman–Crippen LogP) is 2.03. The zero-order valence-electron chi connectivity index (χ0n) is 16.6. The summed E-state index contributed by atoms with van der Waals surface area (Å²) in [5.41, 5.74) is -1.31. The zero-order valence-corrected chi connectivity index (χ0v) is 16.6. The topological polar surface area (TPSA) is 94.8 Å². The van der Waals surface area contributed by atoms with Gasteiger partial charge in [-0.05, 0) is 67.3 Å². The van der Waals surface area contributed by atoms with Crippen LogP contribution >= 0.6 is 0 Å². The number of carbonyl (C=O) groups excluding carboxylic acids is 2. The van der Waals surface area contributed by atoms with Gasteiger partial charge in [-0.15, -0.1) is 0 Å². The average Bonchev–Trinajstić information content (AvgIpc) is 2.82. The van der Waals surface area contributed by atoms with Crippen molar-refractivity contribution in [2.75, 3.05) is 6.61 Å². The van der Waals surface area contributed by atoms with Crippen molar-refractivity contribution in [3.05, 3.63) is 11.6 Å². The molecule has 3 fully saturated rings. The number of ketones is 2. The van der Waals surface area contributed by atoms with Crippen molar-refractivity contribution in [3.63, 3.8) is 0 Å². The summed E-state index contributed by atoms with van der Waals surface area (Å²) in [5.74, 6) is -0.155. The molecule has 0 aromatic carbocycles. The molecule has 150 valence electrons. The monoisotopic (exact) mass is 376 g/mol. The molecule has 0 unspecified atom stereocenters. The molecule has 4 aliphatic carbocycles. The maximum absolute atomic E-state index is 12.6. The van der Waals surface area contributed by atoms with Crippen LogP contribution in [0.1, 0.15) is 59.3 Å². The fraction of sp³-hybridized carbons (Fsp3) is 0.818. The first kappa shape index (κ1) is 19.3. The number of allylic oxidation sites excluding steroid dienone is 1. The van der Waals surface area contributed by atoms with Crippen LogP contribution in [0.25, 0.3) is 0 Å². The minimum absolute atomic E-state index is 0.0578. The summed E-state index contributed by atoms with van der Waals surface area (Å²) in [6, 6.07) is 0. The zero-order chi connectivity index (χ0) is 19.8. The van der Waals surface area contributed by atoms with Crippen molar-refractivity contribution in [2.24, 2.45) is 34.5 Å². The number of hydrogen-bond acceptors (Lipinski definition) is 5. The van der Waals surface area contributed by atoms with Gasteiger partial charge in [0.2, 0.25) is 0 Å². The van der Waals surface area contributed by atoms with E-state index >= 15 is 0 Å². The van der Waals surface area contributed by atoms with Crippen LogP contribution in [0.15, 0.2) is 11.6 Å². The summed E-state index contributed by atoms with van der Waals surface area (Å²) < 4.78 is 0. The van der Waals surface area contributed by atoms with Crippen LogP contribution in [0.2, 0.25) is 0 Å². The summed E-state index contributed by atoms with van der Waals surface area (Å²) in [6.45, 7) is 5.36. The summed E-state index contributed by atoms with van der Waals surface area (Å²) in [7, 11) is 0. The van der Waals surface area contributed by atoms with Gasteiger partial charge in [-0.2, -0.15) is 0 Å². The van der Waals surface area contributed by atoms with E-state index in [1.54, 1.807) is 0 Å². The molecule has 27 heavy (non-hydrogen) atoms. The van der Waals surface area contributed by atoms with E-state index in [1.165, 1.54) is 5.57 Å². The number of fused-ring (bicyclic) bond motifs is 5. The standard InChI is InChI=1S/C22H32O5/c1-12-8-16-15-5-4-13-9-14(24)6-7-20(13,2)19(15)17(25)10-21(16,3)22(12,27)18(26)11-23/h9,12,15-17,19,23,25,27H,4-8,10-11H2,1-3H3/t12-,15+,16+,17-,19+,20+,21+,22+/m1/s1. The number of aliphatic hydroxyl groups is 3. The molecule has 5 heteroatoms. The van der Waals surface area contributed by atoms with Gasteiger partial charge in [0.1, 0.15) is 12.2 Å². The van der Waals surface area contributed by atoms with Gasteiger partial charge < -0.3 is 15.3 Å². The van der Waals surface area contributed by atoms with Crippen LogP contribution in [0.3, 0.4) is 0 Å². The highest BCUT2D eigenvalue weighted by Gasteiger charge is 2.70. The Morgan fingerprint density at radius 1 is 1.30 bits per heavy atom. The lowest BCUT2D eigenvalue weighted by atomic mass is 9.45. The molecule has 3 saturated carbocycles. The molecule has 0 amide bonds. The van der Waals surface area contributed by atoms with Gasteiger partial charge in [-0.1, -0.05) is 26.3 Å². The molecule has 0 spiro atoms. The summed E-state index contributed by atoms with van der Waals surface area (Å²) >= 11 is 0. The maximum atomic E-state index is 12.6. The second kappa shape index (κ2) is 5.98. The second-order valence-corrected chi connectivity index (χ2v) is 10.1. The van der Waals surface area contributed by atoms with E-state index in [-0.39, 0.29) is 34.9 Å². The third kappa shape index (κ3) is 2.28. The smallest absolute Gasteiger partial charge is 0.190 e. The summed E-state index contributed by atoms with van der Waals surface area (Å²) in [6.07, 6.45) is 5.32. The lowest BCUT2D eigenvalue weighted by Crippen LogP contribution is -2.63. The highest BCUT2D eigenvalue weighted by molar-refractivity contribution is 5.92. The fourth-order valence-electron chi connectivity index (χ4n) is 7.74. The third-order valence-electron chi connectivity index (χ3n) is 9.05. The lowest BCUT2D eigenvalue weighted by molar-refractivity contribution is -0.187. The van der Waals surface area contributed by atoms with Gasteiger partial charge >= 0.3 is 0 Å². The Hall–Kier alpha value is -1.04. The quantitative estimate of drug-likeness (QED) is 0.685. The van der Waals surface area contributed by atoms with Crippen LogP contribution in [0.4, 0.5) is 0 Å². The number of Topliss-reactive ketones (excluding diaryl/α,β-unsaturated/α-hetero) is 1. The number of hydrogen-bond donors (Lipinski definition) is 3. The SMILES string of the molecule is C[C@@H]1C[C@H]2[C@@H]3CCC4=CC(=O)CC[C@]4(C)[C@@H]3[C@H](O)C[C@]2(C)[C@@]1(O)C(=O)CO. The van der Waals surface area contributed by atoms with Crippen LogP contribution < -0.4 is 0 Å². The van der Waals surface area contributed by atoms with Gasteiger partial charge in [0, 0.05) is 11.8 Å². The van der Waals surface area contributed by atoms with E-state index in [9.17, 15) is 24.9 Å². The molecule has 5 nitrogen and oxygen atoms in total. The Labute approximate surface area is 160 Å². The molecule has 0 aliphatic heterocycles. The molecule has 4 rings (SSSR count). The molecule has 4 aliphatic rings. The van der Waals surface area contributed by atoms with Crippen LogP contribution in [-0.4, -0.2) is 45.2 Å². The van der Waals surface area contributed by atoms with Crippen LogP contribution in [0.5, 0.6) is 0 Å². The predicted molar refractivity (Wildman–Crippen MR) is 99.7 cm³/mol. The van der Waals surface area contributed by atoms with Crippen LogP contribution in [0, 0.1) is 34.5 Å². The summed E-state index contributed by atoms with van der Waals surface area (Å²) in [4.78, 5) is 24.5. The van der Waals surface area contributed by atoms with E-state index in [0.717, 1.165) is 25.7 Å². The Bertz CT molecular complexity index is 713. The Kier molecular flexibility index (Phi) is 4.27. The Balaban J connectivity index is 1.77. The number of rotatable bonds is 2. The molecule has 0 bridgehead atoms. The van der Waals surface area contributed by atoms with Crippen molar-refractivity contribution in [1.29, 1.82) is 0 Å². The molecule has 3 N–H and O–H groups in total. The van der Waals surface area contributed by atoms with Crippen molar-refractivity contribution < 1.29 is 24.9 Å². The van der Waals surface area contributed by atoms with Gasteiger partial charge in [-0.3, -0.25) is 9.59 Å². The Morgan fingerprint density at radius 3 is 2.67 bits per heavy atom. The average molecular weight is 376 g/mol. The lowest BCUT2D eigenvalue weighted by Gasteiger charge is -2.60. The van der Waals surface area contributed by atoms with Gasteiger partial charge in [-0.25, -0.2) is 0 Å². The highest BCUT2D eigenvalue weighted by Crippen LogP contribution is 2.68. The van der Waals surface area contributed by atoms with Gasteiger partial charge in [0.15, 0.2) is 11.6 Å². The largest absolute Gasteiger partial charge is 0.393 e. The summed E-state index contributed by atoms with van der Waals surface area (Å²) in [5, 5.41) is 32.2. The highest BCUT2D eigenvalue weighted by atomic mass is 16.3. The molecule has 0 aromatic rings. The number of aliphatic hydroxyl groups excluding tert-OH is 2. The third-order valence-corrected chi connectivity index (χ3v) is 9.05. The molecule has 0 radical (unpaired) electrons. The maximum Gasteiger partial charge on any atom is 0.190 e. The van der Waals surface area contributed by atoms with E-state index in [4.69, 9.17) is 0 Å². The van der Waals surface area contributed by atoms with E-state index in [0.29, 0.717) is 12.8 Å². The van der Waals surface area contributed by atoms with E-state index < -0.39 is 29.5 Å². The molecule has 0 saturated heterocycles. The molecular weight excluding hydrogens is 344 g/mol. The van der Waals surface area contributed by atoms with Crippen molar-refractivity contribution in [1.82, 2.24) is 0 Å². The first-order chi connectivity index (χ1) is 12.6. The van der Waals surface area contributed by atoms with Crippen molar-refractivity contribution in [2.45, 2.75) is 71.0 Å². The molecule has 0 aromatic heterocycles. The molecular formula is C22H32O5. The normalized spacial score (nSPS) is 51.9. The van der Waals surface area contributed by atoms with Crippen molar-refractivity contribution >= 4 is 11.6 Å². The van der Waals surface area contributed by atoms with E-state index in [1.807, 2.05) is 19.9 Å². The van der Waals surface area contributed by atoms with Crippen LogP contribution in [-0.2, 0) is 9.59 Å². The molecule has 0 heterocycles. The Morgan fingerprint density at radius 2 is 2.00 bits per heavy atom. The van der Waals surface area contributed by atoms with E-state index in [2.05, 4.69) is 6.92 Å².